The summed E-state index contributed by atoms with van der Waals surface area (Å²) in [5, 5.41) is 5.72. The molecule has 0 bridgehead atoms. The number of imidazole rings is 1. The molecule has 3 amide bonds. The number of H-pyrrole nitrogens is 1. The molecule has 1 unspecified atom stereocenters. The average molecular weight is 415 g/mol. The molecule has 7 nitrogen and oxygen atoms in total. The first-order chi connectivity index (χ1) is 14.7. The van der Waals surface area contributed by atoms with E-state index in [0.717, 1.165) is 27.9 Å². The van der Waals surface area contributed by atoms with Crippen LogP contribution in [0.4, 0.5) is 10.5 Å². The number of fused-ring (bicyclic) bond motifs is 1. The first kappa shape index (κ1) is 17.3. The summed E-state index contributed by atoms with van der Waals surface area (Å²) < 4.78 is 0. The van der Waals surface area contributed by atoms with Crippen molar-refractivity contribution < 1.29 is 9.59 Å². The zero-order valence-electron chi connectivity index (χ0n) is 15.8. The number of amides is 3. The van der Waals surface area contributed by atoms with E-state index in [4.69, 9.17) is 4.98 Å². The lowest BCUT2D eigenvalue weighted by molar-refractivity contribution is -0.119. The fraction of sp³-hybridized carbons (Fsp3) is 0.182. The first-order valence-electron chi connectivity index (χ1n) is 9.80. The highest BCUT2D eigenvalue weighted by Gasteiger charge is 2.40. The molecule has 2 aromatic heterocycles. The normalized spacial score (nSPS) is 18.9. The second-order valence-electron chi connectivity index (χ2n) is 7.64. The van der Waals surface area contributed by atoms with Gasteiger partial charge in [-0.1, -0.05) is 24.3 Å². The van der Waals surface area contributed by atoms with E-state index in [1.165, 1.54) is 22.7 Å². The Hall–Kier alpha value is -3.52. The summed E-state index contributed by atoms with van der Waals surface area (Å²) >= 11 is 1.71. The van der Waals surface area contributed by atoms with Gasteiger partial charge in [0, 0.05) is 22.5 Å². The predicted molar refractivity (Wildman–Crippen MR) is 114 cm³/mol. The highest BCUT2D eigenvalue weighted by molar-refractivity contribution is 7.10. The minimum atomic E-state index is -0.718. The van der Waals surface area contributed by atoms with Crippen molar-refractivity contribution in [1.82, 2.24) is 20.3 Å². The molecule has 0 spiro atoms. The van der Waals surface area contributed by atoms with Crippen LogP contribution in [0.5, 0.6) is 0 Å². The van der Waals surface area contributed by atoms with Crippen LogP contribution >= 0.6 is 11.3 Å². The standard InChI is InChI=1S/C22H17N5O2S/c28-20-19(27(22(29)26-20)15-7-8-16-17(9-15)24-11-23-16)13-3-1-12(2-4-13)18-10-30-21(25-18)14-5-6-14/h1-4,7-11,14,19H,5-6H2,(H,23,24)(H,26,28,29). The maximum absolute atomic E-state index is 12.6. The highest BCUT2D eigenvalue weighted by Crippen LogP contribution is 2.42. The van der Waals surface area contributed by atoms with Crippen molar-refractivity contribution in [2.24, 2.45) is 0 Å². The number of aromatic amines is 1. The van der Waals surface area contributed by atoms with Gasteiger partial charge in [0.15, 0.2) is 0 Å². The molecule has 8 heteroatoms. The molecule has 2 fully saturated rings. The predicted octanol–water partition coefficient (Wildman–Crippen LogP) is 4.36. The van der Waals surface area contributed by atoms with Crippen LogP contribution in [0.2, 0.25) is 0 Å². The van der Waals surface area contributed by atoms with Crippen molar-refractivity contribution in [1.29, 1.82) is 0 Å². The van der Waals surface area contributed by atoms with Crippen molar-refractivity contribution >= 4 is 40.0 Å². The number of carbonyl (C=O) groups is 2. The Morgan fingerprint density at radius 1 is 1.07 bits per heavy atom. The number of nitrogens with one attached hydrogen (secondary N) is 2. The lowest BCUT2D eigenvalue weighted by atomic mass is 10.0. The molecule has 1 aliphatic carbocycles. The molecule has 2 N–H and O–H groups in total. The van der Waals surface area contributed by atoms with Gasteiger partial charge in [0.1, 0.15) is 6.04 Å². The summed E-state index contributed by atoms with van der Waals surface area (Å²) in [6.07, 6.45) is 4.07. The Bertz CT molecular complexity index is 1290. The molecule has 30 heavy (non-hydrogen) atoms. The third-order valence-corrected chi connectivity index (χ3v) is 6.62. The van der Waals surface area contributed by atoms with Gasteiger partial charge in [-0.05, 0) is 36.6 Å². The topological polar surface area (TPSA) is 91.0 Å². The number of aromatic nitrogens is 3. The van der Waals surface area contributed by atoms with Crippen LogP contribution in [-0.4, -0.2) is 26.9 Å². The summed E-state index contributed by atoms with van der Waals surface area (Å²) in [6, 6.07) is 12.0. The van der Waals surface area contributed by atoms with Crippen LogP contribution in [0.1, 0.15) is 35.4 Å². The summed E-state index contributed by atoms with van der Waals surface area (Å²) in [5.74, 6) is 0.305. The molecule has 1 saturated carbocycles. The van der Waals surface area contributed by atoms with Gasteiger partial charge < -0.3 is 4.98 Å². The van der Waals surface area contributed by atoms with Gasteiger partial charge >= 0.3 is 6.03 Å². The average Bonchev–Trinajstić information content (AvgIpc) is 3.18. The van der Waals surface area contributed by atoms with E-state index in [2.05, 4.69) is 20.7 Å². The minimum absolute atomic E-state index is 0.331. The van der Waals surface area contributed by atoms with Gasteiger partial charge in [0.05, 0.1) is 28.1 Å². The third kappa shape index (κ3) is 2.80. The molecule has 4 aromatic rings. The number of rotatable bonds is 4. The number of anilines is 1. The molecule has 1 atom stereocenters. The number of thiazole rings is 1. The largest absolute Gasteiger partial charge is 0.345 e. The molecule has 2 aromatic carbocycles. The van der Waals surface area contributed by atoms with Crippen molar-refractivity contribution in [2.45, 2.75) is 24.8 Å². The number of benzene rings is 2. The zero-order chi connectivity index (χ0) is 20.2. The molecule has 148 valence electrons. The number of carbonyl (C=O) groups excluding carboxylic acids is 2. The van der Waals surface area contributed by atoms with Gasteiger partial charge in [0.2, 0.25) is 0 Å². The Morgan fingerprint density at radius 2 is 1.90 bits per heavy atom. The van der Waals surface area contributed by atoms with Gasteiger partial charge in [-0.3, -0.25) is 15.0 Å². The Balaban J connectivity index is 1.34. The summed E-state index contributed by atoms with van der Waals surface area (Å²) in [7, 11) is 0. The van der Waals surface area contributed by atoms with E-state index in [1.54, 1.807) is 23.7 Å². The second kappa shape index (κ2) is 6.50. The minimum Gasteiger partial charge on any atom is -0.345 e. The lowest BCUT2D eigenvalue weighted by Crippen LogP contribution is -2.29. The molecular formula is C22H17N5O2S. The van der Waals surface area contributed by atoms with E-state index >= 15 is 0 Å². The fourth-order valence-electron chi connectivity index (χ4n) is 3.88. The number of hydrogen-bond donors (Lipinski definition) is 2. The van der Waals surface area contributed by atoms with E-state index in [-0.39, 0.29) is 5.91 Å². The van der Waals surface area contributed by atoms with Crippen molar-refractivity contribution in [2.75, 3.05) is 4.90 Å². The third-order valence-electron chi connectivity index (χ3n) is 5.61. The van der Waals surface area contributed by atoms with Crippen molar-refractivity contribution in [3.05, 3.63) is 64.7 Å². The molecule has 1 saturated heterocycles. The molecular weight excluding hydrogens is 398 g/mol. The highest BCUT2D eigenvalue weighted by atomic mass is 32.1. The molecule has 6 rings (SSSR count). The Labute approximate surface area is 175 Å². The summed E-state index contributed by atoms with van der Waals surface area (Å²) in [4.78, 5) is 38.7. The SMILES string of the molecule is O=C1NC(=O)N(c2ccc3nc[nH]c3c2)C1c1ccc(-c2csc(C3CC3)n2)cc1. The second-order valence-corrected chi connectivity index (χ2v) is 8.53. The van der Waals surface area contributed by atoms with Gasteiger partial charge in [-0.25, -0.2) is 14.8 Å². The summed E-state index contributed by atoms with van der Waals surface area (Å²) in [5.41, 5.74) is 4.98. The van der Waals surface area contributed by atoms with Crippen molar-refractivity contribution in [3.8, 4) is 11.3 Å². The molecule has 0 radical (unpaired) electrons. The molecule has 1 aliphatic heterocycles. The van der Waals surface area contributed by atoms with E-state index in [1.807, 2.05) is 36.4 Å². The fourth-order valence-corrected chi connectivity index (χ4v) is 4.88. The zero-order valence-corrected chi connectivity index (χ0v) is 16.6. The Kier molecular flexibility index (Phi) is 3.76. The van der Waals surface area contributed by atoms with Crippen LogP contribution < -0.4 is 10.2 Å². The number of nitrogens with zero attached hydrogens (tertiary/aromatic N) is 3. The summed E-state index contributed by atoms with van der Waals surface area (Å²) in [6.45, 7) is 0. The lowest BCUT2D eigenvalue weighted by Gasteiger charge is -2.22. The monoisotopic (exact) mass is 415 g/mol. The van der Waals surface area contributed by atoms with Crippen LogP contribution in [0.15, 0.2) is 54.2 Å². The van der Waals surface area contributed by atoms with Crippen LogP contribution in [-0.2, 0) is 4.79 Å². The van der Waals surface area contributed by atoms with Gasteiger partial charge in [0.25, 0.3) is 5.91 Å². The van der Waals surface area contributed by atoms with Crippen molar-refractivity contribution in [3.63, 3.8) is 0 Å². The number of imide groups is 1. The molecule has 2 aliphatic rings. The van der Waals surface area contributed by atoms with Gasteiger partial charge in [-0.15, -0.1) is 11.3 Å². The van der Waals surface area contributed by atoms with Crippen LogP contribution in [0.25, 0.3) is 22.3 Å². The van der Waals surface area contributed by atoms with Gasteiger partial charge in [-0.2, -0.15) is 0 Å². The number of hydrogen-bond acceptors (Lipinski definition) is 5. The van der Waals surface area contributed by atoms with Crippen LogP contribution in [0.3, 0.4) is 0 Å². The maximum atomic E-state index is 12.6. The number of urea groups is 1. The van der Waals surface area contributed by atoms with E-state index in [0.29, 0.717) is 11.6 Å². The smallest absolute Gasteiger partial charge is 0.329 e. The quantitative estimate of drug-likeness (QED) is 0.485. The first-order valence-corrected chi connectivity index (χ1v) is 10.7. The Morgan fingerprint density at radius 3 is 2.70 bits per heavy atom. The van der Waals surface area contributed by atoms with Crippen LogP contribution in [0, 0.1) is 0 Å². The van der Waals surface area contributed by atoms with E-state index in [9.17, 15) is 9.59 Å². The molecule has 3 heterocycles. The maximum Gasteiger partial charge on any atom is 0.329 e. The van der Waals surface area contributed by atoms with E-state index < -0.39 is 12.1 Å².